The molecule has 2 rings (SSSR count). The van der Waals surface area contributed by atoms with Gasteiger partial charge in [-0.3, -0.25) is 0 Å². The Labute approximate surface area is 112 Å². The molecule has 94 valence electrons. The van der Waals surface area contributed by atoms with Gasteiger partial charge in [0.2, 0.25) is 0 Å². The SMILES string of the molecule is Cc1cc(C)nc(Sc2nc(C)ccc2CN)c1. The predicted octanol–water partition coefficient (Wildman–Crippen LogP) is 3.01. The van der Waals surface area contributed by atoms with Crippen molar-refractivity contribution in [2.75, 3.05) is 0 Å². The topological polar surface area (TPSA) is 51.8 Å². The van der Waals surface area contributed by atoms with Gasteiger partial charge in [-0.2, -0.15) is 0 Å². The van der Waals surface area contributed by atoms with Crippen LogP contribution >= 0.6 is 11.8 Å². The average Bonchev–Trinajstić information content (AvgIpc) is 2.27. The minimum absolute atomic E-state index is 0.500. The summed E-state index contributed by atoms with van der Waals surface area (Å²) >= 11 is 1.58. The quantitative estimate of drug-likeness (QED) is 0.920. The van der Waals surface area contributed by atoms with E-state index in [1.165, 1.54) is 5.56 Å². The predicted molar refractivity (Wildman–Crippen MR) is 74.7 cm³/mol. The van der Waals surface area contributed by atoms with Crippen LogP contribution in [-0.4, -0.2) is 9.97 Å². The fourth-order valence-electron chi connectivity index (χ4n) is 1.76. The van der Waals surface area contributed by atoms with Crippen molar-refractivity contribution in [1.29, 1.82) is 0 Å². The van der Waals surface area contributed by atoms with Gasteiger partial charge in [0.05, 0.1) is 0 Å². The summed E-state index contributed by atoms with van der Waals surface area (Å²) in [5.41, 5.74) is 10.0. The van der Waals surface area contributed by atoms with Gasteiger partial charge >= 0.3 is 0 Å². The largest absolute Gasteiger partial charge is 0.326 e. The zero-order chi connectivity index (χ0) is 13.1. The van der Waals surface area contributed by atoms with Crippen molar-refractivity contribution in [3.05, 3.63) is 46.8 Å². The molecule has 0 unspecified atom stereocenters. The van der Waals surface area contributed by atoms with E-state index in [0.29, 0.717) is 6.54 Å². The first-order valence-corrected chi connectivity index (χ1v) is 6.70. The smallest absolute Gasteiger partial charge is 0.107 e. The third-order valence-electron chi connectivity index (χ3n) is 2.57. The second-order valence-corrected chi connectivity index (χ2v) is 5.36. The summed E-state index contributed by atoms with van der Waals surface area (Å²) in [7, 11) is 0. The Hall–Kier alpha value is -1.39. The van der Waals surface area contributed by atoms with Crippen molar-refractivity contribution in [2.24, 2.45) is 5.73 Å². The lowest BCUT2D eigenvalue weighted by Gasteiger charge is -2.08. The van der Waals surface area contributed by atoms with E-state index in [1.807, 2.05) is 26.0 Å². The number of nitrogens with zero attached hydrogens (tertiary/aromatic N) is 2. The molecule has 0 aliphatic carbocycles. The molecular weight excluding hydrogens is 242 g/mol. The van der Waals surface area contributed by atoms with Gasteiger partial charge in [-0.25, -0.2) is 9.97 Å². The van der Waals surface area contributed by atoms with E-state index in [4.69, 9.17) is 5.73 Å². The summed E-state index contributed by atoms with van der Waals surface area (Å²) in [6, 6.07) is 8.16. The first-order chi connectivity index (χ1) is 8.58. The van der Waals surface area contributed by atoms with Crippen molar-refractivity contribution < 1.29 is 0 Å². The summed E-state index contributed by atoms with van der Waals surface area (Å²) in [4.78, 5) is 9.06. The monoisotopic (exact) mass is 259 g/mol. The summed E-state index contributed by atoms with van der Waals surface area (Å²) < 4.78 is 0. The molecule has 2 aromatic heterocycles. The lowest BCUT2D eigenvalue weighted by atomic mass is 10.2. The summed E-state index contributed by atoms with van der Waals surface area (Å²) in [6.07, 6.45) is 0. The Bertz CT molecular complexity index is 547. The molecule has 2 N–H and O–H groups in total. The van der Waals surface area contributed by atoms with Gasteiger partial charge in [-0.15, -0.1) is 0 Å². The van der Waals surface area contributed by atoms with Crippen LogP contribution in [0.2, 0.25) is 0 Å². The average molecular weight is 259 g/mol. The summed E-state index contributed by atoms with van der Waals surface area (Å²) in [5, 5.41) is 1.93. The fourth-order valence-corrected chi connectivity index (χ4v) is 2.87. The molecule has 0 fully saturated rings. The van der Waals surface area contributed by atoms with Crippen LogP contribution in [0.3, 0.4) is 0 Å². The number of hydrogen-bond acceptors (Lipinski definition) is 4. The van der Waals surface area contributed by atoms with E-state index in [0.717, 1.165) is 27.0 Å². The van der Waals surface area contributed by atoms with Crippen molar-refractivity contribution >= 4 is 11.8 Å². The maximum atomic E-state index is 5.74. The highest BCUT2D eigenvalue weighted by Gasteiger charge is 2.07. The molecule has 0 radical (unpaired) electrons. The van der Waals surface area contributed by atoms with Crippen LogP contribution in [0.1, 0.15) is 22.5 Å². The lowest BCUT2D eigenvalue weighted by Crippen LogP contribution is -2.01. The second-order valence-electron chi connectivity index (χ2n) is 4.35. The van der Waals surface area contributed by atoms with Gasteiger partial charge < -0.3 is 5.73 Å². The van der Waals surface area contributed by atoms with Gasteiger partial charge in [0.15, 0.2) is 0 Å². The van der Waals surface area contributed by atoms with Crippen molar-refractivity contribution in [3.8, 4) is 0 Å². The number of hydrogen-bond donors (Lipinski definition) is 1. The molecule has 0 spiro atoms. The normalized spacial score (nSPS) is 10.7. The van der Waals surface area contributed by atoms with Crippen LogP contribution in [0.15, 0.2) is 34.3 Å². The van der Waals surface area contributed by atoms with Crippen LogP contribution in [0.25, 0.3) is 0 Å². The number of rotatable bonds is 3. The van der Waals surface area contributed by atoms with E-state index >= 15 is 0 Å². The van der Waals surface area contributed by atoms with Crippen LogP contribution in [0, 0.1) is 20.8 Å². The number of pyridine rings is 2. The van der Waals surface area contributed by atoms with E-state index in [-0.39, 0.29) is 0 Å². The molecule has 18 heavy (non-hydrogen) atoms. The zero-order valence-electron chi connectivity index (χ0n) is 10.9. The van der Waals surface area contributed by atoms with E-state index in [2.05, 4.69) is 29.0 Å². The lowest BCUT2D eigenvalue weighted by molar-refractivity contribution is 0.936. The van der Waals surface area contributed by atoms with E-state index < -0.39 is 0 Å². The Morgan fingerprint density at radius 3 is 2.50 bits per heavy atom. The zero-order valence-corrected chi connectivity index (χ0v) is 11.7. The Morgan fingerprint density at radius 1 is 1.06 bits per heavy atom. The Morgan fingerprint density at radius 2 is 1.83 bits per heavy atom. The van der Waals surface area contributed by atoms with Crippen LogP contribution in [-0.2, 0) is 6.54 Å². The molecule has 0 bridgehead atoms. The third-order valence-corrected chi connectivity index (χ3v) is 3.54. The van der Waals surface area contributed by atoms with Crippen LogP contribution < -0.4 is 5.73 Å². The molecule has 0 aromatic carbocycles. The Balaban J connectivity index is 2.35. The molecule has 2 aromatic rings. The second kappa shape index (κ2) is 5.50. The fraction of sp³-hybridized carbons (Fsp3) is 0.286. The number of aromatic nitrogens is 2. The third kappa shape index (κ3) is 3.09. The minimum Gasteiger partial charge on any atom is -0.326 e. The molecule has 0 aliphatic heterocycles. The van der Waals surface area contributed by atoms with Crippen molar-refractivity contribution in [3.63, 3.8) is 0 Å². The number of aryl methyl sites for hydroxylation is 3. The molecule has 0 amide bonds. The van der Waals surface area contributed by atoms with Gasteiger partial charge in [-0.05, 0) is 61.9 Å². The van der Waals surface area contributed by atoms with Gasteiger partial charge in [0.1, 0.15) is 10.1 Å². The summed E-state index contributed by atoms with van der Waals surface area (Å²) in [5.74, 6) is 0. The minimum atomic E-state index is 0.500. The highest BCUT2D eigenvalue weighted by Crippen LogP contribution is 2.28. The van der Waals surface area contributed by atoms with E-state index in [1.54, 1.807) is 11.8 Å². The highest BCUT2D eigenvalue weighted by molar-refractivity contribution is 7.99. The highest BCUT2D eigenvalue weighted by atomic mass is 32.2. The first-order valence-electron chi connectivity index (χ1n) is 5.88. The van der Waals surface area contributed by atoms with Crippen LogP contribution in [0.4, 0.5) is 0 Å². The molecular formula is C14H17N3S. The molecule has 0 saturated carbocycles. The number of nitrogens with two attached hydrogens (primary N) is 1. The maximum absolute atomic E-state index is 5.74. The Kier molecular flexibility index (Phi) is 3.99. The van der Waals surface area contributed by atoms with Crippen LogP contribution in [0.5, 0.6) is 0 Å². The van der Waals surface area contributed by atoms with E-state index in [9.17, 15) is 0 Å². The summed E-state index contributed by atoms with van der Waals surface area (Å²) in [6.45, 7) is 6.57. The molecule has 0 aliphatic rings. The van der Waals surface area contributed by atoms with Crippen molar-refractivity contribution in [1.82, 2.24) is 9.97 Å². The van der Waals surface area contributed by atoms with Gasteiger partial charge in [0, 0.05) is 17.9 Å². The first kappa shape index (κ1) is 13.1. The molecule has 0 atom stereocenters. The maximum Gasteiger partial charge on any atom is 0.107 e. The van der Waals surface area contributed by atoms with Crippen molar-refractivity contribution in [2.45, 2.75) is 37.4 Å². The standard InChI is InChI=1S/C14H17N3S/c1-9-6-11(3)16-13(7-9)18-14-12(8-15)5-4-10(2)17-14/h4-7H,8,15H2,1-3H3. The van der Waals surface area contributed by atoms with Gasteiger partial charge in [-0.1, -0.05) is 6.07 Å². The molecule has 2 heterocycles. The molecule has 3 nitrogen and oxygen atoms in total. The molecule has 0 saturated heterocycles. The van der Waals surface area contributed by atoms with Gasteiger partial charge in [0.25, 0.3) is 0 Å². The molecule has 4 heteroatoms.